The highest BCUT2D eigenvalue weighted by atomic mass is 16.7. The number of ether oxygens (including phenoxy) is 2. The Bertz CT molecular complexity index is 706. The molecule has 2 fully saturated rings. The number of pyridine rings is 1. The van der Waals surface area contributed by atoms with E-state index in [2.05, 4.69) is 35.8 Å². The number of nitrogens with two attached hydrogens (primary N) is 1. The number of hydrogen-bond donors (Lipinski definition) is 3. The van der Waals surface area contributed by atoms with E-state index < -0.39 is 0 Å². The quantitative estimate of drug-likeness (QED) is 0.326. The van der Waals surface area contributed by atoms with Gasteiger partial charge in [-0.15, -0.1) is 5.11 Å². The first-order valence-corrected chi connectivity index (χ1v) is 8.72. The van der Waals surface area contributed by atoms with Gasteiger partial charge in [-0.05, 0) is 31.4 Å². The zero-order valence-electron chi connectivity index (χ0n) is 15.6. The van der Waals surface area contributed by atoms with Crippen molar-refractivity contribution in [3.8, 4) is 11.8 Å². The minimum atomic E-state index is -0.173. The van der Waals surface area contributed by atoms with E-state index in [0.29, 0.717) is 18.2 Å². The van der Waals surface area contributed by atoms with Crippen molar-refractivity contribution >= 4 is 5.84 Å². The summed E-state index contributed by atoms with van der Waals surface area (Å²) < 4.78 is 10.6. The van der Waals surface area contributed by atoms with Crippen molar-refractivity contribution in [1.82, 2.24) is 4.98 Å². The van der Waals surface area contributed by atoms with E-state index in [4.69, 9.17) is 26.1 Å². The molecule has 26 heavy (non-hydrogen) atoms. The average molecular weight is 357 g/mol. The second kappa shape index (κ2) is 8.99. The van der Waals surface area contributed by atoms with E-state index in [-0.39, 0.29) is 17.5 Å². The molecular weight excluding hydrogens is 330 g/mol. The molecule has 0 spiro atoms. The van der Waals surface area contributed by atoms with E-state index in [1.54, 1.807) is 6.20 Å². The number of nitrogens with zero attached hydrogens (tertiary/aromatic N) is 2. The van der Waals surface area contributed by atoms with Gasteiger partial charge < -0.3 is 15.2 Å². The van der Waals surface area contributed by atoms with Crippen molar-refractivity contribution in [2.75, 3.05) is 19.8 Å². The molecule has 0 bridgehead atoms. The van der Waals surface area contributed by atoms with Crippen LogP contribution in [0.2, 0.25) is 0 Å². The summed E-state index contributed by atoms with van der Waals surface area (Å²) in [5.74, 6) is 6.69. The number of aryl methyl sites for hydroxylation is 1. The van der Waals surface area contributed by atoms with Crippen LogP contribution in [0.4, 0.5) is 0 Å². The average Bonchev–Trinajstić information content (AvgIpc) is 3.44. The molecule has 0 amide bonds. The lowest BCUT2D eigenvalue weighted by Gasteiger charge is -2.33. The molecule has 3 rings (SSSR count). The minimum Gasteiger partial charge on any atom is -0.351 e. The zero-order valence-corrected chi connectivity index (χ0v) is 15.6. The Morgan fingerprint density at radius 2 is 2.04 bits per heavy atom. The topological polar surface area (TPSA) is 117 Å². The molecule has 0 atom stereocenters. The monoisotopic (exact) mass is 357 g/mol. The van der Waals surface area contributed by atoms with Gasteiger partial charge in [-0.3, -0.25) is 10.4 Å². The van der Waals surface area contributed by atoms with Crippen molar-refractivity contribution in [3.63, 3.8) is 0 Å². The molecule has 4 N–H and O–H groups in total. The van der Waals surface area contributed by atoms with Crippen LogP contribution in [0, 0.1) is 41.0 Å². The third-order valence-electron chi connectivity index (χ3n) is 3.92. The predicted molar refractivity (Wildman–Crippen MR) is 99.1 cm³/mol. The molecule has 0 aromatic carbocycles. The lowest BCUT2D eigenvalue weighted by atomic mass is 9.96. The Labute approximate surface area is 154 Å². The summed E-state index contributed by atoms with van der Waals surface area (Å²) >= 11 is 0. The van der Waals surface area contributed by atoms with Gasteiger partial charge in [-0.1, -0.05) is 25.7 Å². The highest BCUT2D eigenvalue weighted by molar-refractivity contribution is 5.95. The highest BCUT2D eigenvalue weighted by Gasteiger charge is 2.27. The van der Waals surface area contributed by atoms with Crippen LogP contribution in [-0.4, -0.2) is 36.9 Å². The van der Waals surface area contributed by atoms with Gasteiger partial charge in [0.05, 0.1) is 13.2 Å². The van der Waals surface area contributed by atoms with E-state index >= 15 is 0 Å². The fraction of sp³-hybridized carbons (Fsp3) is 0.579. The summed E-state index contributed by atoms with van der Waals surface area (Å²) in [6.45, 7) is 8.02. The van der Waals surface area contributed by atoms with E-state index in [1.807, 2.05) is 13.0 Å². The third-order valence-corrected chi connectivity index (χ3v) is 3.92. The van der Waals surface area contributed by atoms with Crippen LogP contribution in [0.3, 0.4) is 0 Å². The van der Waals surface area contributed by atoms with Gasteiger partial charge >= 0.3 is 0 Å². The maximum atomic E-state index is 7.42. The molecule has 1 aromatic rings. The smallest absolute Gasteiger partial charge is 0.192 e. The molecule has 7 heteroatoms. The SMILES string of the molecule is CC1(C)COC(CN)OC1.Cc1cc(C#CC2CC2)cnc1C(=N)N=N. The van der Waals surface area contributed by atoms with Crippen LogP contribution in [0.15, 0.2) is 17.4 Å². The molecular formula is C19H27N5O2. The number of hydrogen-bond acceptors (Lipinski definition) is 6. The largest absolute Gasteiger partial charge is 0.351 e. The number of aromatic nitrogens is 1. The maximum Gasteiger partial charge on any atom is 0.192 e. The molecule has 1 aromatic heterocycles. The molecule has 1 aliphatic carbocycles. The van der Waals surface area contributed by atoms with Crippen LogP contribution in [0.25, 0.3) is 0 Å². The van der Waals surface area contributed by atoms with Gasteiger partial charge in [0.15, 0.2) is 12.1 Å². The summed E-state index contributed by atoms with van der Waals surface area (Å²) in [6, 6.07) is 1.89. The first-order valence-electron chi connectivity index (χ1n) is 8.72. The van der Waals surface area contributed by atoms with Gasteiger partial charge in [0.25, 0.3) is 0 Å². The fourth-order valence-electron chi connectivity index (χ4n) is 2.22. The molecule has 2 aliphatic rings. The molecule has 140 valence electrons. The normalized spacial score (nSPS) is 18.8. The first kappa shape index (κ1) is 20.2. The summed E-state index contributed by atoms with van der Waals surface area (Å²) in [4.78, 5) is 4.11. The van der Waals surface area contributed by atoms with Crippen LogP contribution in [0.5, 0.6) is 0 Å². The van der Waals surface area contributed by atoms with Crippen molar-refractivity contribution in [2.45, 2.75) is 39.9 Å². The standard InChI is InChI=1S/C12H12N4.C7H15NO2/c1-8-6-10(5-4-9-2-3-9)7-15-11(8)12(13)16-14;1-7(2)4-9-6(3-8)10-5-7/h6-7,9,13-14H,2-3H2,1H3;6H,3-5,8H2,1-2H3. The Morgan fingerprint density at radius 1 is 1.38 bits per heavy atom. The second-order valence-electron chi connectivity index (χ2n) is 7.35. The summed E-state index contributed by atoms with van der Waals surface area (Å²) in [7, 11) is 0. The Kier molecular flexibility index (Phi) is 6.98. The zero-order chi connectivity index (χ0) is 19.2. The van der Waals surface area contributed by atoms with Crippen molar-refractivity contribution in [1.29, 1.82) is 10.9 Å². The van der Waals surface area contributed by atoms with Crippen LogP contribution < -0.4 is 5.73 Å². The predicted octanol–water partition coefficient (Wildman–Crippen LogP) is 2.85. The molecule has 2 heterocycles. The van der Waals surface area contributed by atoms with Gasteiger partial charge in [0, 0.05) is 29.6 Å². The molecule has 7 nitrogen and oxygen atoms in total. The summed E-state index contributed by atoms with van der Waals surface area (Å²) in [5.41, 5.74) is 14.4. The maximum absolute atomic E-state index is 7.42. The molecule has 1 saturated carbocycles. The lowest BCUT2D eigenvalue weighted by molar-refractivity contribution is -0.215. The van der Waals surface area contributed by atoms with E-state index in [1.165, 1.54) is 12.8 Å². The molecule has 1 saturated heterocycles. The number of rotatable bonds is 2. The fourth-order valence-corrected chi connectivity index (χ4v) is 2.22. The van der Waals surface area contributed by atoms with Crippen LogP contribution >= 0.6 is 0 Å². The summed E-state index contributed by atoms with van der Waals surface area (Å²) in [6.07, 6.45) is 3.88. The number of nitrogens with one attached hydrogen (secondary N) is 2. The van der Waals surface area contributed by atoms with Crippen molar-refractivity contribution < 1.29 is 9.47 Å². The Morgan fingerprint density at radius 3 is 2.54 bits per heavy atom. The molecule has 0 radical (unpaired) electrons. The van der Waals surface area contributed by atoms with E-state index in [9.17, 15) is 0 Å². The van der Waals surface area contributed by atoms with Crippen LogP contribution in [0.1, 0.15) is 43.5 Å². The van der Waals surface area contributed by atoms with Crippen LogP contribution in [-0.2, 0) is 9.47 Å². The molecule has 0 unspecified atom stereocenters. The van der Waals surface area contributed by atoms with E-state index in [0.717, 1.165) is 24.3 Å². The van der Waals surface area contributed by atoms with Gasteiger partial charge in [0.2, 0.25) is 0 Å². The highest BCUT2D eigenvalue weighted by Crippen LogP contribution is 2.27. The van der Waals surface area contributed by atoms with Crippen molar-refractivity contribution in [3.05, 3.63) is 29.1 Å². The van der Waals surface area contributed by atoms with Gasteiger partial charge in [-0.25, -0.2) is 5.53 Å². The van der Waals surface area contributed by atoms with Gasteiger partial charge in [0.1, 0.15) is 5.69 Å². The van der Waals surface area contributed by atoms with Crippen molar-refractivity contribution in [2.24, 2.45) is 22.2 Å². The lowest BCUT2D eigenvalue weighted by Crippen LogP contribution is -2.41. The summed E-state index contributed by atoms with van der Waals surface area (Å²) in [5, 5.41) is 10.5. The first-order chi connectivity index (χ1) is 12.3. The minimum absolute atomic E-state index is 0.112. The third kappa shape index (κ3) is 6.30. The Hall–Kier alpha value is -2.14. The Balaban J connectivity index is 0.000000209. The molecule has 1 aliphatic heterocycles. The van der Waals surface area contributed by atoms with Gasteiger partial charge in [-0.2, -0.15) is 0 Å². The second-order valence-corrected chi connectivity index (χ2v) is 7.35. The number of amidine groups is 1.